The molecular weight excluding hydrogens is 332 g/mol. The minimum Gasteiger partial charge on any atom is -0.381 e. The van der Waals surface area contributed by atoms with Crippen molar-refractivity contribution in [3.05, 3.63) is 18.0 Å². The number of likely N-dealkylation sites (N-methyl/N-ethyl adjacent to an activating group) is 1. The number of hydrogen-bond acceptors (Lipinski definition) is 5. The topological polar surface area (TPSA) is 75.9 Å². The molecule has 148 valence electrons. The summed E-state index contributed by atoms with van der Waals surface area (Å²) in [5.74, 6) is 1.39. The third-order valence-corrected chi connectivity index (χ3v) is 4.55. The van der Waals surface area contributed by atoms with Crippen LogP contribution in [-0.2, 0) is 16.5 Å². The molecule has 1 saturated heterocycles. The van der Waals surface area contributed by atoms with Gasteiger partial charge in [0.05, 0.1) is 25.5 Å². The van der Waals surface area contributed by atoms with E-state index in [2.05, 4.69) is 45.9 Å². The highest BCUT2D eigenvalue weighted by Crippen LogP contribution is 2.16. The Morgan fingerprint density at radius 2 is 2.35 bits per heavy atom. The van der Waals surface area contributed by atoms with E-state index in [1.54, 1.807) is 7.05 Å². The number of aryl methyl sites for hydroxylation is 1. The van der Waals surface area contributed by atoms with Crippen LogP contribution in [0.4, 0.5) is 0 Å². The second kappa shape index (κ2) is 11.2. The highest BCUT2D eigenvalue weighted by molar-refractivity contribution is 5.79. The highest BCUT2D eigenvalue weighted by atomic mass is 16.5. The molecule has 26 heavy (non-hydrogen) atoms. The number of aliphatic imine (C=N–C) groups is 1. The van der Waals surface area contributed by atoms with Crippen molar-refractivity contribution in [1.29, 1.82) is 0 Å². The van der Waals surface area contributed by atoms with Crippen molar-refractivity contribution in [2.45, 2.75) is 18.9 Å². The molecule has 0 spiro atoms. The Morgan fingerprint density at radius 3 is 2.96 bits per heavy atom. The number of rotatable bonds is 10. The molecule has 8 nitrogen and oxygen atoms in total. The van der Waals surface area contributed by atoms with Crippen LogP contribution in [0.1, 0.15) is 24.4 Å². The number of aromatic nitrogens is 2. The molecule has 1 aliphatic heterocycles. The third-order valence-electron chi connectivity index (χ3n) is 4.55. The molecule has 0 saturated carbocycles. The average molecular weight is 367 g/mol. The van der Waals surface area contributed by atoms with E-state index in [-0.39, 0.29) is 6.04 Å². The number of nitrogens with one attached hydrogen (secondary N) is 2. The zero-order valence-electron chi connectivity index (χ0n) is 16.6. The molecule has 0 aliphatic carbocycles. The van der Waals surface area contributed by atoms with E-state index in [0.29, 0.717) is 5.92 Å². The largest absolute Gasteiger partial charge is 0.381 e. The van der Waals surface area contributed by atoms with E-state index in [1.165, 1.54) is 5.56 Å². The van der Waals surface area contributed by atoms with Crippen LogP contribution in [0.2, 0.25) is 0 Å². The van der Waals surface area contributed by atoms with Crippen LogP contribution in [0.5, 0.6) is 0 Å². The van der Waals surface area contributed by atoms with Gasteiger partial charge in [-0.15, -0.1) is 0 Å². The van der Waals surface area contributed by atoms with Crippen molar-refractivity contribution >= 4 is 5.96 Å². The van der Waals surface area contributed by atoms with Crippen LogP contribution in [0.3, 0.4) is 0 Å². The smallest absolute Gasteiger partial charge is 0.191 e. The Kier molecular flexibility index (Phi) is 8.87. The van der Waals surface area contributed by atoms with Gasteiger partial charge in [-0.2, -0.15) is 5.10 Å². The molecule has 2 heterocycles. The lowest BCUT2D eigenvalue weighted by Gasteiger charge is -2.24. The van der Waals surface area contributed by atoms with Gasteiger partial charge in [0.1, 0.15) is 0 Å². The highest BCUT2D eigenvalue weighted by Gasteiger charge is 2.16. The van der Waals surface area contributed by atoms with Crippen molar-refractivity contribution < 1.29 is 9.47 Å². The first-order valence-corrected chi connectivity index (χ1v) is 9.35. The van der Waals surface area contributed by atoms with Gasteiger partial charge in [-0.3, -0.25) is 9.67 Å². The van der Waals surface area contributed by atoms with Crippen molar-refractivity contribution in [3.63, 3.8) is 0 Å². The van der Waals surface area contributed by atoms with Crippen molar-refractivity contribution in [1.82, 2.24) is 25.3 Å². The second-order valence-electron chi connectivity index (χ2n) is 6.96. The minimum atomic E-state index is 0.235. The van der Waals surface area contributed by atoms with Crippen molar-refractivity contribution in [2.75, 3.05) is 60.7 Å². The van der Waals surface area contributed by atoms with Crippen LogP contribution in [0.25, 0.3) is 0 Å². The summed E-state index contributed by atoms with van der Waals surface area (Å²) in [4.78, 5) is 6.48. The second-order valence-corrected chi connectivity index (χ2v) is 6.96. The van der Waals surface area contributed by atoms with E-state index < -0.39 is 0 Å². The summed E-state index contributed by atoms with van der Waals surface area (Å²) >= 11 is 0. The molecule has 2 rings (SSSR count). The standard InChI is InChI=1S/C18H34N6O2/c1-19-18(20-7-5-8-25-13-15-6-9-26-14-15)21-11-17(23(2)3)16-10-22-24(4)12-16/h10,12,15,17H,5-9,11,13-14H2,1-4H3,(H2,19,20,21). The van der Waals surface area contributed by atoms with Gasteiger partial charge < -0.3 is 25.0 Å². The van der Waals surface area contributed by atoms with Gasteiger partial charge in [0.2, 0.25) is 0 Å². The summed E-state index contributed by atoms with van der Waals surface area (Å²) < 4.78 is 12.9. The SMILES string of the molecule is CN=C(NCCCOCC1CCOC1)NCC(c1cnn(C)c1)N(C)C. The number of guanidine groups is 1. The minimum absolute atomic E-state index is 0.235. The number of nitrogens with zero attached hydrogens (tertiary/aromatic N) is 4. The van der Waals surface area contributed by atoms with Gasteiger partial charge in [0, 0.05) is 58.1 Å². The first-order chi connectivity index (χ1) is 12.6. The molecule has 1 aromatic heterocycles. The normalized spacial score (nSPS) is 19.1. The molecule has 0 aromatic carbocycles. The molecule has 0 bridgehead atoms. The van der Waals surface area contributed by atoms with Gasteiger partial charge in [-0.1, -0.05) is 0 Å². The van der Waals surface area contributed by atoms with E-state index in [0.717, 1.165) is 58.3 Å². The van der Waals surface area contributed by atoms with E-state index in [9.17, 15) is 0 Å². The average Bonchev–Trinajstić information content (AvgIpc) is 3.28. The lowest BCUT2D eigenvalue weighted by molar-refractivity contribution is 0.0888. The summed E-state index contributed by atoms with van der Waals surface area (Å²) in [6.07, 6.45) is 6.04. The van der Waals surface area contributed by atoms with E-state index in [4.69, 9.17) is 9.47 Å². The van der Waals surface area contributed by atoms with Crippen molar-refractivity contribution in [3.8, 4) is 0 Å². The van der Waals surface area contributed by atoms with Gasteiger partial charge in [-0.05, 0) is 26.9 Å². The summed E-state index contributed by atoms with van der Waals surface area (Å²) in [6.45, 7) is 4.89. The van der Waals surface area contributed by atoms with Crippen LogP contribution < -0.4 is 10.6 Å². The maximum absolute atomic E-state index is 5.73. The zero-order valence-corrected chi connectivity index (χ0v) is 16.6. The molecule has 0 radical (unpaired) electrons. The van der Waals surface area contributed by atoms with E-state index in [1.807, 2.05) is 17.9 Å². The Morgan fingerprint density at radius 1 is 1.50 bits per heavy atom. The molecule has 8 heteroatoms. The van der Waals surface area contributed by atoms with Crippen molar-refractivity contribution in [2.24, 2.45) is 18.0 Å². The molecule has 0 amide bonds. The van der Waals surface area contributed by atoms with Gasteiger partial charge >= 0.3 is 0 Å². The van der Waals surface area contributed by atoms with Gasteiger partial charge in [-0.25, -0.2) is 0 Å². The summed E-state index contributed by atoms with van der Waals surface area (Å²) in [5.41, 5.74) is 1.18. The Bertz CT molecular complexity index is 540. The summed E-state index contributed by atoms with van der Waals surface area (Å²) in [6, 6.07) is 0.235. The zero-order chi connectivity index (χ0) is 18.8. The van der Waals surface area contributed by atoms with Crippen LogP contribution in [0, 0.1) is 5.92 Å². The number of hydrogen-bond donors (Lipinski definition) is 2. The fraction of sp³-hybridized carbons (Fsp3) is 0.778. The quantitative estimate of drug-likeness (QED) is 0.359. The Labute approximate surface area is 156 Å². The molecule has 1 aliphatic rings. The van der Waals surface area contributed by atoms with Crippen LogP contribution in [-0.4, -0.2) is 81.3 Å². The maximum atomic E-state index is 5.73. The maximum Gasteiger partial charge on any atom is 0.191 e. The summed E-state index contributed by atoms with van der Waals surface area (Å²) in [5, 5.41) is 11.0. The van der Waals surface area contributed by atoms with Crippen LogP contribution >= 0.6 is 0 Å². The monoisotopic (exact) mass is 366 g/mol. The molecule has 1 fully saturated rings. The fourth-order valence-electron chi connectivity index (χ4n) is 2.97. The first-order valence-electron chi connectivity index (χ1n) is 9.35. The lowest BCUT2D eigenvalue weighted by Crippen LogP contribution is -2.42. The fourth-order valence-corrected chi connectivity index (χ4v) is 2.97. The van der Waals surface area contributed by atoms with Gasteiger partial charge in [0.25, 0.3) is 0 Å². The molecule has 2 unspecified atom stereocenters. The number of ether oxygens (including phenoxy) is 2. The van der Waals surface area contributed by atoms with Crippen LogP contribution in [0.15, 0.2) is 17.4 Å². The van der Waals surface area contributed by atoms with E-state index >= 15 is 0 Å². The Hall–Kier alpha value is -1.64. The predicted octanol–water partition coefficient (Wildman–Crippen LogP) is 0.631. The van der Waals surface area contributed by atoms with Gasteiger partial charge in [0.15, 0.2) is 5.96 Å². The molecule has 2 N–H and O–H groups in total. The predicted molar refractivity (Wildman–Crippen MR) is 103 cm³/mol. The lowest BCUT2D eigenvalue weighted by atomic mass is 10.1. The first kappa shape index (κ1) is 20.7. The molecule has 1 aromatic rings. The Balaban J connectivity index is 1.63. The summed E-state index contributed by atoms with van der Waals surface area (Å²) in [7, 11) is 7.87. The third kappa shape index (κ3) is 6.93. The molecular formula is C18H34N6O2. The molecule has 2 atom stereocenters.